The fraction of sp³-hybridized carbons (Fsp3) is 0.250. The van der Waals surface area contributed by atoms with Crippen LogP contribution in [0.1, 0.15) is 22.9 Å². The standard InChI is InChI=1S/C20H21NO2S/c1-14(22)21-11-10-17-18-13-16(23-2)8-9-19(18)24-20(17)12-15-6-4-3-5-7-15/h3-9,13H,10-12H2,1-2H3,(H,21,22). The van der Waals surface area contributed by atoms with Crippen LogP contribution in [0.4, 0.5) is 0 Å². The van der Waals surface area contributed by atoms with Crippen LogP contribution in [0.2, 0.25) is 0 Å². The molecule has 3 nitrogen and oxygen atoms in total. The van der Waals surface area contributed by atoms with Crippen LogP contribution in [-0.2, 0) is 17.6 Å². The summed E-state index contributed by atoms with van der Waals surface area (Å²) >= 11 is 1.83. The highest BCUT2D eigenvalue weighted by atomic mass is 32.1. The van der Waals surface area contributed by atoms with E-state index in [2.05, 4.69) is 41.7 Å². The average molecular weight is 339 g/mol. The third-order valence-corrected chi connectivity index (χ3v) is 5.25. The first-order valence-electron chi connectivity index (χ1n) is 8.04. The number of carbonyl (C=O) groups is 1. The molecule has 0 saturated heterocycles. The van der Waals surface area contributed by atoms with E-state index in [-0.39, 0.29) is 5.91 Å². The molecule has 0 aliphatic carbocycles. The highest BCUT2D eigenvalue weighted by Crippen LogP contribution is 2.35. The molecule has 1 amide bonds. The van der Waals surface area contributed by atoms with Crippen LogP contribution < -0.4 is 10.1 Å². The molecule has 1 aromatic heterocycles. The first kappa shape index (κ1) is 16.5. The Morgan fingerprint density at radius 2 is 1.96 bits per heavy atom. The SMILES string of the molecule is COc1ccc2sc(Cc3ccccc3)c(CCNC(C)=O)c2c1. The van der Waals surface area contributed by atoms with Crippen LogP contribution in [0, 0.1) is 0 Å². The minimum atomic E-state index is 0.0109. The second-order valence-electron chi connectivity index (χ2n) is 5.76. The largest absolute Gasteiger partial charge is 0.497 e. The summed E-state index contributed by atoms with van der Waals surface area (Å²) in [6.45, 7) is 2.21. The summed E-state index contributed by atoms with van der Waals surface area (Å²) in [6.07, 6.45) is 1.74. The fourth-order valence-electron chi connectivity index (χ4n) is 2.87. The number of benzene rings is 2. The van der Waals surface area contributed by atoms with E-state index in [9.17, 15) is 4.79 Å². The Morgan fingerprint density at radius 3 is 2.67 bits per heavy atom. The zero-order chi connectivity index (χ0) is 16.9. The lowest BCUT2D eigenvalue weighted by Crippen LogP contribution is -2.22. The Kier molecular flexibility index (Phi) is 5.16. The van der Waals surface area contributed by atoms with Gasteiger partial charge in [-0.3, -0.25) is 4.79 Å². The molecule has 0 aliphatic rings. The molecular formula is C20H21NO2S. The van der Waals surface area contributed by atoms with Crippen LogP contribution in [0.5, 0.6) is 5.75 Å². The average Bonchev–Trinajstić information content (AvgIpc) is 2.92. The highest BCUT2D eigenvalue weighted by molar-refractivity contribution is 7.19. The van der Waals surface area contributed by atoms with Crippen molar-refractivity contribution in [2.45, 2.75) is 19.8 Å². The number of thiophene rings is 1. The van der Waals surface area contributed by atoms with E-state index in [4.69, 9.17) is 4.74 Å². The highest BCUT2D eigenvalue weighted by Gasteiger charge is 2.13. The molecule has 0 bridgehead atoms. The van der Waals surface area contributed by atoms with Gasteiger partial charge in [0.1, 0.15) is 5.75 Å². The molecule has 0 radical (unpaired) electrons. The fourth-order valence-corrected chi connectivity index (χ4v) is 4.13. The topological polar surface area (TPSA) is 38.3 Å². The van der Waals surface area contributed by atoms with Crippen molar-refractivity contribution in [1.29, 1.82) is 0 Å². The van der Waals surface area contributed by atoms with Crippen LogP contribution in [0.15, 0.2) is 48.5 Å². The van der Waals surface area contributed by atoms with Crippen LogP contribution >= 0.6 is 11.3 Å². The Labute approximate surface area is 146 Å². The van der Waals surface area contributed by atoms with Gasteiger partial charge in [-0.15, -0.1) is 11.3 Å². The van der Waals surface area contributed by atoms with Crippen molar-refractivity contribution in [3.8, 4) is 5.75 Å². The van der Waals surface area contributed by atoms with Gasteiger partial charge in [0.05, 0.1) is 7.11 Å². The van der Waals surface area contributed by atoms with Crippen molar-refractivity contribution in [3.63, 3.8) is 0 Å². The summed E-state index contributed by atoms with van der Waals surface area (Å²) in [7, 11) is 1.69. The van der Waals surface area contributed by atoms with Gasteiger partial charge in [0.25, 0.3) is 0 Å². The Bertz CT molecular complexity index is 839. The lowest BCUT2D eigenvalue weighted by molar-refractivity contribution is -0.118. The van der Waals surface area contributed by atoms with Gasteiger partial charge in [0, 0.05) is 29.5 Å². The number of nitrogens with one attached hydrogen (secondary N) is 1. The van der Waals surface area contributed by atoms with Gasteiger partial charge in [0.15, 0.2) is 0 Å². The molecule has 2 aromatic carbocycles. The van der Waals surface area contributed by atoms with Crippen LogP contribution in [-0.4, -0.2) is 19.6 Å². The number of fused-ring (bicyclic) bond motifs is 1. The summed E-state index contributed by atoms with van der Waals surface area (Å²) in [5.74, 6) is 0.879. The quantitative estimate of drug-likeness (QED) is 0.732. The molecule has 0 aliphatic heterocycles. The molecule has 1 N–H and O–H groups in total. The molecular weight excluding hydrogens is 318 g/mol. The lowest BCUT2D eigenvalue weighted by atomic mass is 10.0. The van der Waals surface area contributed by atoms with Gasteiger partial charge in [0.2, 0.25) is 5.91 Å². The maximum atomic E-state index is 11.2. The molecule has 0 unspecified atom stereocenters. The number of hydrogen-bond donors (Lipinski definition) is 1. The van der Waals surface area contributed by atoms with E-state index >= 15 is 0 Å². The van der Waals surface area contributed by atoms with E-state index in [0.29, 0.717) is 6.54 Å². The van der Waals surface area contributed by atoms with E-state index in [1.165, 1.54) is 26.1 Å². The van der Waals surface area contributed by atoms with Gasteiger partial charge < -0.3 is 10.1 Å². The second-order valence-corrected chi connectivity index (χ2v) is 6.90. The maximum absolute atomic E-state index is 11.2. The van der Waals surface area contributed by atoms with Crippen molar-refractivity contribution in [2.24, 2.45) is 0 Å². The van der Waals surface area contributed by atoms with Gasteiger partial charge >= 0.3 is 0 Å². The molecule has 4 heteroatoms. The normalized spacial score (nSPS) is 10.8. The predicted molar refractivity (Wildman–Crippen MR) is 100 cm³/mol. The van der Waals surface area contributed by atoms with E-state index in [1.54, 1.807) is 14.0 Å². The second kappa shape index (κ2) is 7.49. The molecule has 3 rings (SSSR count). The molecule has 0 atom stereocenters. The van der Waals surface area contributed by atoms with E-state index in [1.807, 2.05) is 23.5 Å². The summed E-state index contributed by atoms with van der Waals surface area (Å²) in [4.78, 5) is 12.5. The number of methoxy groups -OCH3 is 1. The third-order valence-electron chi connectivity index (χ3n) is 4.04. The van der Waals surface area contributed by atoms with E-state index in [0.717, 1.165) is 18.6 Å². The van der Waals surface area contributed by atoms with Crippen LogP contribution in [0.25, 0.3) is 10.1 Å². The summed E-state index contributed by atoms with van der Waals surface area (Å²) in [5.41, 5.74) is 2.61. The number of rotatable bonds is 6. The Morgan fingerprint density at radius 1 is 1.17 bits per heavy atom. The van der Waals surface area contributed by atoms with Crippen molar-refractivity contribution in [1.82, 2.24) is 5.32 Å². The number of carbonyl (C=O) groups excluding carboxylic acids is 1. The zero-order valence-corrected chi connectivity index (χ0v) is 14.8. The first-order chi connectivity index (χ1) is 11.7. The van der Waals surface area contributed by atoms with Crippen molar-refractivity contribution >= 4 is 27.3 Å². The minimum Gasteiger partial charge on any atom is -0.497 e. The van der Waals surface area contributed by atoms with Gasteiger partial charge in [-0.25, -0.2) is 0 Å². The van der Waals surface area contributed by atoms with Crippen molar-refractivity contribution in [2.75, 3.05) is 13.7 Å². The Balaban J connectivity index is 1.97. The van der Waals surface area contributed by atoms with Crippen molar-refractivity contribution in [3.05, 3.63) is 64.5 Å². The third kappa shape index (κ3) is 3.77. The first-order valence-corrected chi connectivity index (χ1v) is 8.85. The molecule has 124 valence electrons. The number of amides is 1. The zero-order valence-electron chi connectivity index (χ0n) is 14.0. The predicted octanol–water partition coefficient (Wildman–Crippen LogP) is 4.18. The summed E-state index contributed by atoms with van der Waals surface area (Å²) in [5, 5.41) is 4.13. The van der Waals surface area contributed by atoms with Crippen molar-refractivity contribution < 1.29 is 9.53 Å². The van der Waals surface area contributed by atoms with Gasteiger partial charge in [-0.1, -0.05) is 30.3 Å². The molecule has 24 heavy (non-hydrogen) atoms. The maximum Gasteiger partial charge on any atom is 0.216 e. The minimum absolute atomic E-state index is 0.0109. The monoisotopic (exact) mass is 339 g/mol. The van der Waals surface area contributed by atoms with Gasteiger partial charge in [-0.2, -0.15) is 0 Å². The lowest BCUT2D eigenvalue weighted by Gasteiger charge is -2.07. The Hall–Kier alpha value is -2.33. The van der Waals surface area contributed by atoms with Gasteiger partial charge in [-0.05, 0) is 41.1 Å². The summed E-state index contributed by atoms with van der Waals surface area (Å²) in [6, 6.07) is 16.7. The molecule has 0 saturated carbocycles. The molecule has 1 heterocycles. The smallest absolute Gasteiger partial charge is 0.216 e. The van der Waals surface area contributed by atoms with Crippen LogP contribution in [0.3, 0.4) is 0 Å². The van der Waals surface area contributed by atoms with E-state index < -0.39 is 0 Å². The summed E-state index contributed by atoms with van der Waals surface area (Å²) < 4.78 is 6.65. The number of hydrogen-bond acceptors (Lipinski definition) is 3. The molecule has 0 fully saturated rings. The molecule has 3 aromatic rings. The molecule has 0 spiro atoms. The number of ether oxygens (including phenoxy) is 1.